The van der Waals surface area contributed by atoms with Crippen LogP contribution in [0.4, 0.5) is 5.69 Å². The van der Waals surface area contributed by atoms with Gasteiger partial charge in [0.05, 0.1) is 5.69 Å². The van der Waals surface area contributed by atoms with E-state index in [0.29, 0.717) is 11.8 Å². The molecule has 0 radical (unpaired) electrons. The number of likely N-dealkylation sites (N-methyl/N-ethyl adjacent to an activating group) is 1. The van der Waals surface area contributed by atoms with Crippen molar-refractivity contribution in [3.8, 4) is 0 Å². The van der Waals surface area contributed by atoms with E-state index in [1.54, 1.807) is 0 Å². The normalized spacial score (nSPS) is 22.3. The van der Waals surface area contributed by atoms with Crippen LogP contribution in [-0.4, -0.2) is 42.2 Å². The summed E-state index contributed by atoms with van der Waals surface area (Å²) in [5, 5.41) is 10.2. The van der Waals surface area contributed by atoms with E-state index in [1.165, 1.54) is 36.2 Å². The Morgan fingerprint density at radius 1 is 1.29 bits per heavy atom. The minimum atomic E-state index is 0.437. The maximum Gasteiger partial charge on any atom is 0.122 e. The quantitative estimate of drug-likeness (QED) is 0.921. The first-order valence-electron chi connectivity index (χ1n) is 8.10. The number of rotatable bonds is 3. The number of hydrogen-bond acceptors (Lipinski definition) is 3. The lowest BCUT2D eigenvalue weighted by molar-refractivity contribution is 0.269. The number of benzene rings is 1. The van der Waals surface area contributed by atoms with E-state index in [4.69, 9.17) is 0 Å². The molecular formula is C18H26N2O. The third-order valence-corrected chi connectivity index (χ3v) is 4.88. The molecule has 21 heavy (non-hydrogen) atoms. The molecule has 1 N–H and O–H groups in total. The Bertz CT molecular complexity index is 565. The molecule has 0 aliphatic carbocycles. The minimum Gasteiger partial charge on any atom is -0.508 e. The van der Waals surface area contributed by atoms with Gasteiger partial charge in [-0.15, -0.1) is 0 Å². The van der Waals surface area contributed by atoms with Gasteiger partial charge in [-0.05, 0) is 63.0 Å². The van der Waals surface area contributed by atoms with Gasteiger partial charge in [0.15, 0.2) is 0 Å². The lowest BCUT2D eigenvalue weighted by atomic mass is 9.98. The summed E-state index contributed by atoms with van der Waals surface area (Å²) in [7, 11) is 0. The van der Waals surface area contributed by atoms with Crippen molar-refractivity contribution in [2.24, 2.45) is 0 Å². The number of fused-ring (bicyclic) bond motifs is 1. The van der Waals surface area contributed by atoms with Crippen molar-refractivity contribution < 1.29 is 5.11 Å². The van der Waals surface area contributed by atoms with Crippen LogP contribution < -0.4 is 4.90 Å². The van der Waals surface area contributed by atoms with Crippen LogP contribution in [0.2, 0.25) is 0 Å². The fraction of sp³-hybridized carbons (Fsp3) is 0.556. The molecule has 3 nitrogen and oxygen atoms in total. The molecule has 2 aliphatic rings. The van der Waals surface area contributed by atoms with Crippen LogP contribution in [-0.2, 0) is 0 Å². The number of hydrogen-bond donors (Lipinski definition) is 1. The summed E-state index contributed by atoms with van der Waals surface area (Å²) in [4.78, 5) is 5.03. The number of aliphatic hydroxyl groups is 1. The number of anilines is 1. The molecule has 2 heterocycles. The Kier molecular flexibility index (Phi) is 3.94. The van der Waals surface area contributed by atoms with E-state index in [9.17, 15) is 5.11 Å². The maximum atomic E-state index is 10.2. The second kappa shape index (κ2) is 5.72. The van der Waals surface area contributed by atoms with Gasteiger partial charge in [0, 0.05) is 24.7 Å². The van der Waals surface area contributed by atoms with Crippen molar-refractivity contribution in [1.82, 2.24) is 4.90 Å². The van der Waals surface area contributed by atoms with Gasteiger partial charge >= 0.3 is 0 Å². The highest BCUT2D eigenvalue weighted by Gasteiger charge is 2.28. The Balaban J connectivity index is 1.89. The van der Waals surface area contributed by atoms with Gasteiger partial charge in [0.1, 0.15) is 5.76 Å². The van der Waals surface area contributed by atoms with E-state index in [0.717, 1.165) is 25.2 Å². The first-order valence-corrected chi connectivity index (χ1v) is 8.10. The molecule has 3 heteroatoms. The molecule has 1 fully saturated rings. The van der Waals surface area contributed by atoms with Gasteiger partial charge in [-0.1, -0.05) is 13.0 Å². The Hall–Kier alpha value is -1.48. The van der Waals surface area contributed by atoms with Gasteiger partial charge < -0.3 is 10.0 Å². The fourth-order valence-electron chi connectivity index (χ4n) is 3.91. The molecule has 1 saturated heterocycles. The smallest absolute Gasteiger partial charge is 0.122 e. The summed E-state index contributed by atoms with van der Waals surface area (Å²) in [5.74, 6) is 0.437. The van der Waals surface area contributed by atoms with E-state index in [-0.39, 0.29) is 0 Å². The molecule has 114 valence electrons. The van der Waals surface area contributed by atoms with Crippen molar-refractivity contribution in [3.63, 3.8) is 0 Å². The first-order chi connectivity index (χ1) is 10.1. The lowest BCUT2D eigenvalue weighted by Crippen LogP contribution is -2.41. The van der Waals surface area contributed by atoms with Gasteiger partial charge in [-0.25, -0.2) is 0 Å². The van der Waals surface area contributed by atoms with E-state index >= 15 is 0 Å². The molecule has 0 aromatic heterocycles. The molecule has 2 aliphatic heterocycles. The highest BCUT2D eigenvalue weighted by Crippen LogP contribution is 2.35. The van der Waals surface area contributed by atoms with E-state index < -0.39 is 0 Å². The second-order valence-corrected chi connectivity index (χ2v) is 6.40. The zero-order chi connectivity index (χ0) is 15.0. The molecule has 0 amide bonds. The molecule has 0 saturated carbocycles. The zero-order valence-corrected chi connectivity index (χ0v) is 13.4. The second-order valence-electron chi connectivity index (χ2n) is 6.40. The van der Waals surface area contributed by atoms with Crippen LogP contribution in [0.15, 0.2) is 18.2 Å². The van der Waals surface area contributed by atoms with Crippen LogP contribution in [0.25, 0.3) is 5.76 Å². The Labute approximate surface area is 127 Å². The van der Waals surface area contributed by atoms with Gasteiger partial charge in [0.2, 0.25) is 0 Å². The Morgan fingerprint density at radius 3 is 2.86 bits per heavy atom. The van der Waals surface area contributed by atoms with E-state index in [1.807, 2.05) is 6.08 Å². The van der Waals surface area contributed by atoms with Crippen LogP contribution in [0.5, 0.6) is 0 Å². The fourth-order valence-corrected chi connectivity index (χ4v) is 3.91. The van der Waals surface area contributed by atoms with Crippen molar-refractivity contribution >= 4 is 11.4 Å². The third-order valence-electron chi connectivity index (χ3n) is 4.88. The maximum absolute atomic E-state index is 10.2. The average molecular weight is 286 g/mol. The molecule has 1 aromatic carbocycles. The van der Waals surface area contributed by atoms with Crippen molar-refractivity contribution in [2.75, 3.05) is 31.1 Å². The molecule has 3 rings (SSSR count). The van der Waals surface area contributed by atoms with E-state index in [2.05, 4.69) is 42.7 Å². The molecule has 1 atom stereocenters. The highest BCUT2D eigenvalue weighted by molar-refractivity contribution is 5.79. The molecule has 0 spiro atoms. The number of aryl methyl sites for hydroxylation is 2. The summed E-state index contributed by atoms with van der Waals surface area (Å²) in [6, 6.07) is 4.97. The van der Waals surface area contributed by atoms with Crippen LogP contribution in [0.1, 0.15) is 36.5 Å². The number of likely N-dealkylation sites (tertiary alicyclic amines) is 1. The third kappa shape index (κ3) is 2.67. The summed E-state index contributed by atoms with van der Waals surface area (Å²) in [5.41, 5.74) is 4.71. The topological polar surface area (TPSA) is 26.7 Å². The van der Waals surface area contributed by atoms with Crippen LogP contribution >= 0.6 is 0 Å². The summed E-state index contributed by atoms with van der Waals surface area (Å²) >= 11 is 0. The lowest BCUT2D eigenvalue weighted by Gasteiger charge is -2.35. The zero-order valence-electron chi connectivity index (χ0n) is 13.4. The molecular weight excluding hydrogens is 260 g/mol. The molecule has 1 aromatic rings. The van der Waals surface area contributed by atoms with Gasteiger partial charge in [-0.2, -0.15) is 0 Å². The Morgan fingerprint density at radius 2 is 2.10 bits per heavy atom. The van der Waals surface area contributed by atoms with Gasteiger partial charge in [0.25, 0.3) is 0 Å². The monoisotopic (exact) mass is 286 g/mol. The standard InChI is InChI=1S/C18H26N2O/c1-4-19-8-5-6-15(19)12-20-9-7-17(21)16-11-13(2)10-14(3)18(16)20/h7,10-11,15,21H,4-6,8-9,12H2,1-3H3. The van der Waals surface area contributed by atoms with Gasteiger partial charge in [-0.3, -0.25) is 4.90 Å². The average Bonchev–Trinajstić information content (AvgIpc) is 2.89. The predicted octanol–water partition coefficient (Wildman–Crippen LogP) is 3.51. The van der Waals surface area contributed by atoms with Crippen molar-refractivity contribution in [2.45, 2.75) is 39.7 Å². The predicted molar refractivity (Wildman–Crippen MR) is 89.0 cm³/mol. The largest absolute Gasteiger partial charge is 0.508 e. The first kappa shape index (κ1) is 14.5. The highest BCUT2D eigenvalue weighted by atomic mass is 16.3. The summed E-state index contributed by atoms with van der Waals surface area (Å²) in [6.07, 6.45) is 4.56. The summed E-state index contributed by atoms with van der Waals surface area (Å²) in [6.45, 7) is 10.8. The molecule has 1 unspecified atom stereocenters. The summed E-state index contributed by atoms with van der Waals surface area (Å²) < 4.78 is 0. The number of nitrogens with zero attached hydrogens (tertiary/aromatic N) is 2. The molecule has 0 bridgehead atoms. The van der Waals surface area contributed by atoms with Crippen LogP contribution in [0.3, 0.4) is 0 Å². The van der Waals surface area contributed by atoms with Crippen molar-refractivity contribution in [1.29, 1.82) is 0 Å². The SMILES string of the molecule is CCN1CCCC1CN1CC=C(O)c2cc(C)cc(C)c21. The van der Waals surface area contributed by atoms with Crippen LogP contribution in [0, 0.1) is 13.8 Å². The minimum absolute atomic E-state index is 0.437. The number of aliphatic hydroxyl groups excluding tert-OH is 1. The van der Waals surface area contributed by atoms with Crippen molar-refractivity contribution in [3.05, 3.63) is 34.9 Å².